The van der Waals surface area contributed by atoms with Crippen LogP contribution in [0.15, 0.2) is 32.9 Å². The van der Waals surface area contributed by atoms with E-state index in [1.807, 2.05) is 11.4 Å². The number of sulfonamides is 1. The smallest absolute Gasteiger partial charge is 0.241 e. The molecule has 0 fully saturated rings. The first-order chi connectivity index (χ1) is 9.85. The molecule has 1 aromatic heterocycles. The first-order valence-electron chi connectivity index (χ1n) is 6.45. The highest BCUT2D eigenvalue weighted by atomic mass is 79.9. The van der Waals surface area contributed by atoms with Gasteiger partial charge in [-0.15, -0.1) is 11.3 Å². The van der Waals surface area contributed by atoms with E-state index in [0.29, 0.717) is 22.3 Å². The van der Waals surface area contributed by atoms with Crippen molar-refractivity contribution in [1.29, 1.82) is 0 Å². The van der Waals surface area contributed by atoms with Gasteiger partial charge in [0.25, 0.3) is 0 Å². The topological polar surface area (TPSA) is 72.2 Å². The van der Waals surface area contributed by atoms with E-state index in [2.05, 4.69) is 27.6 Å². The minimum atomic E-state index is -3.59. The Balaban J connectivity index is 2.27. The third kappa shape index (κ3) is 3.66. The van der Waals surface area contributed by atoms with Crippen LogP contribution < -0.4 is 10.5 Å². The number of hydrogen-bond acceptors (Lipinski definition) is 4. The highest BCUT2D eigenvalue weighted by molar-refractivity contribution is 9.10. The molecule has 0 aliphatic carbocycles. The van der Waals surface area contributed by atoms with Gasteiger partial charge >= 0.3 is 0 Å². The molecule has 114 valence electrons. The molecule has 0 saturated heterocycles. The van der Waals surface area contributed by atoms with Gasteiger partial charge in [-0.05, 0) is 48.1 Å². The molecule has 1 heterocycles. The van der Waals surface area contributed by atoms with Crippen LogP contribution in [0.1, 0.15) is 22.9 Å². The zero-order chi connectivity index (χ0) is 15.6. The van der Waals surface area contributed by atoms with Gasteiger partial charge in [0.2, 0.25) is 10.0 Å². The third-order valence-electron chi connectivity index (χ3n) is 3.30. The molecule has 0 bridgehead atoms. The van der Waals surface area contributed by atoms with Gasteiger partial charge in [0.05, 0.1) is 4.90 Å². The maximum Gasteiger partial charge on any atom is 0.241 e. The minimum Gasteiger partial charge on any atom is -0.398 e. The van der Waals surface area contributed by atoms with E-state index in [1.165, 1.54) is 5.56 Å². The second-order valence-corrected chi connectivity index (χ2v) is 8.32. The van der Waals surface area contributed by atoms with E-state index in [-0.39, 0.29) is 4.90 Å². The van der Waals surface area contributed by atoms with Crippen molar-refractivity contribution >= 4 is 43.0 Å². The molecule has 0 saturated carbocycles. The number of halogens is 1. The van der Waals surface area contributed by atoms with Gasteiger partial charge in [0, 0.05) is 21.6 Å². The molecular weight excluding hydrogens is 372 g/mol. The summed E-state index contributed by atoms with van der Waals surface area (Å²) >= 11 is 4.84. The lowest BCUT2D eigenvalue weighted by Gasteiger charge is -2.12. The fourth-order valence-electron chi connectivity index (χ4n) is 2.03. The molecule has 7 heteroatoms. The number of anilines is 1. The van der Waals surface area contributed by atoms with Crippen LogP contribution in [0.25, 0.3) is 0 Å². The molecule has 0 spiro atoms. The van der Waals surface area contributed by atoms with Crippen LogP contribution in [0, 0.1) is 6.92 Å². The Bertz CT molecular complexity index is 754. The molecule has 2 aromatic rings. The van der Waals surface area contributed by atoms with Gasteiger partial charge in [-0.2, -0.15) is 0 Å². The maximum atomic E-state index is 12.5. The van der Waals surface area contributed by atoms with Gasteiger partial charge < -0.3 is 5.73 Å². The van der Waals surface area contributed by atoms with Crippen LogP contribution in [-0.2, 0) is 23.0 Å². The van der Waals surface area contributed by atoms with Gasteiger partial charge in [-0.1, -0.05) is 22.9 Å². The van der Waals surface area contributed by atoms with Gasteiger partial charge in [-0.25, -0.2) is 13.1 Å². The Kier molecular flexibility index (Phi) is 5.08. The summed E-state index contributed by atoms with van der Waals surface area (Å²) in [6.07, 6.45) is 0.892. The van der Waals surface area contributed by atoms with Crippen molar-refractivity contribution in [3.8, 4) is 0 Å². The number of thiophene rings is 1. The van der Waals surface area contributed by atoms with Crippen molar-refractivity contribution in [3.05, 3.63) is 44.1 Å². The van der Waals surface area contributed by atoms with E-state index in [4.69, 9.17) is 5.73 Å². The largest absolute Gasteiger partial charge is 0.398 e. The zero-order valence-electron chi connectivity index (χ0n) is 11.8. The second kappa shape index (κ2) is 6.48. The Labute approximate surface area is 137 Å². The summed E-state index contributed by atoms with van der Waals surface area (Å²) in [5.74, 6) is 0. The summed E-state index contributed by atoms with van der Waals surface area (Å²) in [6, 6.07) is 5.29. The molecule has 21 heavy (non-hydrogen) atoms. The van der Waals surface area contributed by atoms with E-state index in [9.17, 15) is 8.42 Å². The van der Waals surface area contributed by atoms with Gasteiger partial charge in [-0.3, -0.25) is 0 Å². The summed E-state index contributed by atoms with van der Waals surface area (Å²) in [7, 11) is -3.59. The number of nitrogens with two attached hydrogens (primary N) is 1. The summed E-state index contributed by atoms with van der Waals surface area (Å²) in [5.41, 5.74) is 8.03. The van der Waals surface area contributed by atoms with Crippen LogP contribution in [0.4, 0.5) is 5.69 Å². The van der Waals surface area contributed by atoms with Crippen LogP contribution >= 0.6 is 27.3 Å². The first kappa shape index (κ1) is 16.5. The molecule has 0 radical (unpaired) electrons. The Morgan fingerprint density at radius 2 is 2.10 bits per heavy atom. The number of nitrogens with one attached hydrogen (secondary N) is 1. The number of benzene rings is 1. The molecule has 3 N–H and O–H groups in total. The molecule has 0 aliphatic rings. The van der Waals surface area contributed by atoms with Crippen molar-refractivity contribution in [1.82, 2.24) is 4.72 Å². The average molecular weight is 389 g/mol. The van der Waals surface area contributed by atoms with E-state index < -0.39 is 10.0 Å². The van der Waals surface area contributed by atoms with Crippen LogP contribution in [0.3, 0.4) is 0 Å². The molecule has 0 unspecified atom stereocenters. The third-order valence-corrected chi connectivity index (χ3v) is 6.24. The number of nitrogen functional groups attached to an aromatic ring is 1. The van der Waals surface area contributed by atoms with Gasteiger partial charge in [0.1, 0.15) is 0 Å². The van der Waals surface area contributed by atoms with Crippen molar-refractivity contribution in [2.75, 3.05) is 5.73 Å². The van der Waals surface area contributed by atoms with Crippen molar-refractivity contribution < 1.29 is 8.42 Å². The van der Waals surface area contributed by atoms with E-state index in [0.717, 1.165) is 11.3 Å². The SMILES string of the molecule is CCc1ccsc1CNS(=O)(=O)c1cc(Br)cc(N)c1C. The zero-order valence-corrected chi connectivity index (χ0v) is 15.0. The fourth-order valence-corrected chi connectivity index (χ4v) is 4.96. The standard InChI is InChI=1S/C14H17BrN2O2S2/c1-3-10-4-5-20-13(10)8-17-21(18,19)14-7-11(15)6-12(16)9(14)2/h4-7,17H,3,8,16H2,1-2H3. The predicted molar refractivity (Wildman–Crippen MR) is 91.0 cm³/mol. The quantitative estimate of drug-likeness (QED) is 0.770. The monoisotopic (exact) mass is 388 g/mol. The Hall–Kier alpha value is -0.890. The predicted octanol–water partition coefficient (Wildman–Crippen LogP) is 3.44. The normalized spacial score (nSPS) is 11.8. The summed E-state index contributed by atoms with van der Waals surface area (Å²) in [6.45, 7) is 4.06. The summed E-state index contributed by atoms with van der Waals surface area (Å²) in [5, 5.41) is 1.98. The van der Waals surface area contributed by atoms with Crippen molar-refractivity contribution in [3.63, 3.8) is 0 Å². The highest BCUT2D eigenvalue weighted by Gasteiger charge is 2.19. The van der Waals surface area contributed by atoms with Gasteiger partial charge in [0.15, 0.2) is 0 Å². The first-order valence-corrected chi connectivity index (χ1v) is 9.61. The summed E-state index contributed by atoms with van der Waals surface area (Å²) in [4.78, 5) is 1.26. The molecule has 0 atom stereocenters. The number of aryl methyl sites for hydroxylation is 1. The lowest BCUT2D eigenvalue weighted by molar-refractivity contribution is 0.581. The highest BCUT2D eigenvalue weighted by Crippen LogP contribution is 2.26. The lowest BCUT2D eigenvalue weighted by atomic mass is 10.2. The maximum absolute atomic E-state index is 12.5. The summed E-state index contributed by atoms with van der Waals surface area (Å²) < 4.78 is 28.2. The van der Waals surface area contributed by atoms with E-state index >= 15 is 0 Å². The number of rotatable bonds is 5. The lowest BCUT2D eigenvalue weighted by Crippen LogP contribution is -2.24. The number of hydrogen-bond donors (Lipinski definition) is 2. The van der Waals surface area contributed by atoms with E-state index in [1.54, 1.807) is 30.4 Å². The molecule has 4 nitrogen and oxygen atoms in total. The molecule has 1 aromatic carbocycles. The molecule has 2 rings (SSSR count). The molecule has 0 amide bonds. The van der Waals surface area contributed by atoms with Crippen molar-refractivity contribution in [2.24, 2.45) is 0 Å². The Morgan fingerprint density at radius 3 is 2.76 bits per heavy atom. The average Bonchev–Trinajstić information content (AvgIpc) is 2.88. The van der Waals surface area contributed by atoms with Crippen molar-refractivity contribution in [2.45, 2.75) is 31.7 Å². The second-order valence-electron chi connectivity index (χ2n) is 4.67. The fraction of sp³-hybridized carbons (Fsp3) is 0.286. The minimum absolute atomic E-state index is 0.212. The van der Waals surface area contributed by atoms with Crippen LogP contribution in [0.2, 0.25) is 0 Å². The van der Waals surface area contributed by atoms with Crippen LogP contribution in [-0.4, -0.2) is 8.42 Å². The molecular formula is C14H17BrN2O2S2. The Morgan fingerprint density at radius 1 is 1.38 bits per heavy atom. The molecule has 0 aliphatic heterocycles. The van der Waals surface area contributed by atoms with Crippen LogP contribution in [0.5, 0.6) is 0 Å².